The van der Waals surface area contributed by atoms with Gasteiger partial charge in [0, 0.05) is 51.4 Å². The molecule has 0 amide bonds. The molecule has 0 spiro atoms. The van der Waals surface area contributed by atoms with Crippen molar-refractivity contribution in [1.82, 2.24) is 0 Å². The normalized spacial score (nSPS) is 9.93. The zero-order valence-electron chi connectivity index (χ0n) is 9.39. The largest absolute Gasteiger partial charge is 0.0616 e. The van der Waals surface area contributed by atoms with Crippen molar-refractivity contribution in [2.45, 2.75) is 20.8 Å². The maximum Gasteiger partial charge on any atom is 0 e. The van der Waals surface area contributed by atoms with Crippen molar-refractivity contribution in [3.63, 3.8) is 0 Å². The van der Waals surface area contributed by atoms with Gasteiger partial charge in [-0.25, -0.2) is 0 Å². The van der Waals surface area contributed by atoms with Crippen LogP contribution in [-0.4, -0.2) is 51.4 Å². The third-order valence-electron chi connectivity index (χ3n) is 2.89. The number of benzene rings is 2. The molecule has 0 N–H and O–H groups in total. The summed E-state index contributed by atoms with van der Waals surface area (Å²) in [5.41, 5.74) is 4.21. The minimum Gasteiger partial charge on any atom is -0.0616 e. The molecule has 1 heteroatoms. The van der Waals surface area contributed by atoms with Gasteiger partial charge in [0.25, 0.3) is 0 Å². The Balaban J connectivity index is 0.000000980. The maximum atomic E-state index is 2.26. The van der Waals surface area contributed by atoms with Crippen LogP contribution in [0.4, 0.5) is 0 Å². The molecule has 2 rings (SSSR count). The fourth-order valence-corrected chi connectivity index (χ4v) is 1.80. The average molecular weight is 209 g/mol. The van der Waals surface area contributed by atoms with Crippen LogP contribution in [0.3, 0.4) is 0 Å². The molecule has 2 aromatic rings. The summed E-state index contributed by atoms with van der Waals surface area (Å²) in [7, 11) is 0. The van der Waals surface area contributed by atoms with Gasteiger partial charge in [-0.3, -0.25) is 0 Å². The van der Waals surface area contributed by atoms with E-state index in [0.717, 1.165) is 0 Å². The van der Waals surface area contributed by atoms with Crippen molar-refractivity contribution in [3.05, 3.63) is 47.0 Å². The predicted octanol–water partition coefficient (Wildman–Crippen LogP) is 3.38. The Labute approximate surface area is 128 Å². The zero-order valence-corrected chi connectivity index (χ0v) is 12.5. The van der Waals surface area contributed by atoms with E-state index in [1.54, 1.807) is 0 Å². The topological polar surface area (TPSA) is 0 Å². The molecule has 2 aromatic carbocycles. The van der Waals surface area contributed by atoms with Gasteiger partial charge < -0.3 is 0 Å². The molecule has 0 fully saturated rings. The second-order valence-electron chi connectivity index (χ2n) is 3.66. The number of aryl methyl sites for hydroxylation is 2. The summed E-state index contributed by atoms with van der Waals surface area (Å²) in [6.45, 7) is 6.57. The van der Waals surface area contributed by atoms with Crippen LogP contribution in [0.1, 0.15) is 16.7 Å². The molecular weight excluding hydrogens is 195 g/mol. The van der Waals surface area contributed by atoms with Crippen molar-refractivity contribution in [2.75, 3.05) is 0 Å². The van der Waals surface area contributed by atoms with Crippen molar-refractivity contribution in [1.29, 1.82) is 0 Å². The van der Waals surface area contributed by atoms with Crippen molar-refractivity contribution in [3.8, 4) is 0 Å². The Hall–Kier alpha value is 0.336. The minimum atomic E-state index is 0. The van der Waals surface area contributed by atoms with Gasteiger partial charge in [0.2, 0.25) is 0 Å². The Morgan fingerprint density at radius 3 is 2.21 bits per heavy atom. The summed E-state index contributed by atoms with van der Waals surface area (Å²) >= 11 is 0. The Bertz CT molecular complexity index is 458. The van der Waals surface area contributed by atoms with E-state index in [1.807, 2.05) is 0 Å². The van der Waals surface area contributed by atoms with Gasteiger partial charge in [-0.2, -0.15) is 0 Å². The predicted molar refractivity (Wildman–Crippen MR) is 63.9 cm³/mol. The first-order valence-electron chi connectivity index (χ1n) is 4.65. The van der Waals surface area contributed by atoms with Crippen LogP contribution in [0.2, 0.25) is 0 Å². The van der Waals surface area contributed by atoms with E-state index in [4.69, 9.17) is 0 Å². The van der Waals surface area contributed by atoms with E-state index in [0.29, 0.717) is 0 Å². The monoisotopic (exact) mass is 209 g/mol. The molecule has 0 aliphatic rings. The van der Waals surface area contributed by atoms with E-state index >= 15 is 0 Å². The van der Waals surface area contributed by atoms with Crippen LogP contribution >= 0.6 is 0 Å². The second kappa shape index (κ2) is 4.91. The van der Waals surface area contributed by atoms with E-state index in [9.17, 15) is 0 Å². The van der Waals surface area contributed by atoms with Crippen molar-refractivity contribution < 1.29 is 0 Å². The third-order valence-corrected chi connectivity index (χ3v) is 2.89. The van der Waals surface area contributed by atoms with Crippen molar-refractivity contribution in [2.24, 2.45) is 0 Å². The van der Waals surface area contributed by atoms with E-state index < -0.39 is 0 Å². The summed E-state index contributed by atoms with van der Waals surface area (Å²) in [6.07, 6.45) is 0. The summed E-state index contributed by atoms with van der Waals surface area (Å²) in [5, 5.41) is 2.73. The molecule has 0 saturated carbocycles. The molecule has 67 valence electrons. The van der Waals surface area contributed by atoms with E-state index in [1.165, 1.54) is 27.5 Å². The molecule has 0 heterocycles. The molecule has 0 atom stereocenters. The molecule has 0 bridgehead atoms. The van der Waals surface area contributed by atoms with Gasteiger partial charge >= 0.3 is 0 Å². The van der Waals surface area contributed by atoms with Gasteiger partial charge in [0.1, 0.15) is 0 Å². The average Bonchev–Trinajstić information content (AvgIpc) is 2.15. The molecule has 1 radical (unpaired) electrons. The van der Waals surface area contributed by atoms with Crippen LogP contribution in [-0.2, 0) is 0 Å². The molecule has 0 aliphatic carbocycles. The van der Waals surface area contributed by atoms with Gasteiger partial charge in [0.05, 0.1) is 0 Å². The molecule has 0 unspecified atom stereocenters. The molecule has 0 aromatic heterocycles. The molecule has 0 aliphatic heterocycles. The standard InChI is InChI=1S/C13H14.K/c1-9-8-12-6-4-5-7-13(12)11(3)10(9)2;/h4-8H,1-3H3;. The Kier molecular flexibility index (Phi) is 4.35. The first-order valence-corrected chi connectivity index (χ1v) is 4.65. The quantitative estimate of drug-likeness (QED) is 0.583. The second-order valence-corrected chi connectivity index (χ2v) is 3.66. The van der Waals surface area contributed by atoms with Crippen LogP contribution < -0.4 is 0 Å². The van der Waals surface area contributed by atoms with Gasteiger partial charge in [-0.05, 0) is 48.2 Å². The zero-order chi connectivity index (χ0) is 9.42. The summed E-state index contributed by atoms with van der Waals surface area (Å²) in [5.74, 6) is 0. The number of fused-ring (bicyclic) bond motifs is 1. The van der Waals surface area contributed by atoms with Gasteiger partial charge in [-0.15, -0.1) is 0 Å². The number of hydrogen-bond acceptors (Lipinski definition) is 0. The van der Waals surface area contributed by atoms with Crippen LogP contribution in [0, 0.1) is 20.8 Å². The Morgan fingerprint density at radius 2 is 1.50 bits per heavy atom. The fraction of sp³-hybridized carbons (Fsp3) is 0.231. The maximum absolute atomic E-state index is 2.26. The van der Waals surface area contributed by atoms with Gasteiger partial charge in [0.15, 0.2) is 0 Å². The van der Waals surface area contributed by atoms with E-state index in [-0.39, 0.29) is 51.4 Å². The minimum absolute atomic E-state index is 0. The van der Waals surface area contributed by atoms with Crippen LogP contribution in [0.25, 0.3) is 10.8 Å². The van der Waals surface area contributed by atoms with Crippen LogP contribution in [0.15, 0.2) is 30.3 Å². The molecule has 0 nitrogen and oxygen atoms in total. The fourth-order valence-electron chi connectivity index (χ4n) is 1.80. The Morgan fingerprint density at radius 1 is 0.857 bits per heavy atom. The first-order chi connectivity index (χ1) is 6.20. The van der Waals surface area contributed by atoms with Crippen molar-refractivity contribution >= 4 is 62.2 Å². The number of rotatable bonds is 0. The smallest absolute Gasteiger partial charge is 0 e. The first kappa shape index (κ1) is 12.4. The SMILES string of the molecule is Cc1cc2ccccc2c(C)c1C.[K]. The van der Waals surface area contributed by atoms with E-state index in [2.05, 4.69) is 51.1 Å². The molecule has 14 heavy (non-hydrogen) atoms. The third kappa shape index (κ3) is 2.12. The number of hydrogen-bond donors (Lipinski definition) is 0. The summed E-state index contributed by atoms with van der Waals surface area (Å²) in [6, 6.07) is 10.8. The molecule has 0 saturated heterocycles. The molecular formula is C13H14K. The van der Waals surface area contributed by atoms with Gasteiger partial charge in [-0.1, -0.05) is 30.3 Å². The summed E-state index contributed by atoms with van der Waals surface area (Å²) < 4.78 is 0. The summed E-state index contributed by atoms with van der Waals surface area (Å²) in [4.78, 5) is 0. The van der Waals surface area contributed by atoms with Crippen LogP contribution in [0.5, 0.6) is 0 Å².